The van der Waals surface area contributed by atoms with Gasteiger partial charge in [0.1, 0.15) is 5.82 Å². The van der Waals surface area contributed by atoms with Crippen LogP contribution in [0.25, 0.3) is 0 Å². The van der Waals surface area contributed by atoms with Gasteiger partial charge in [-0.15, -0.1) is 0 Å². The molecule has 2 aliphatic carbocycles. The molecule has 2 amide bonds. The molecule has 0 bridgehead atoms. The van der Waals surface area contributed by atoms with Gasteiger partial charge >= 0.3 is 0 Å². The van der Waals surface area contributed by atoms with Crippen molar-refractivity contribution in [3.8, 4) is 0 Å². The van der Waals surface area contributed by atoms with E-state index in [-0.39, 0.29) is 23.8 Å². The highest BCUT2D eigenvalue weighted by atomic mass is 127. The van der Waals surface area contributed by atoms with Crippen molar-refractivity contribution in [3.05, 3.63) is 63.9 Å². The Hall–Kier alpha value is -3.21. The van der Waals surface area contributed by atoms with Crippen LogP contribution in [0.15, 0.2) is 54.7 Å². The van der Waals surface area contributed by atoms with Gasteiger partial charge in [-0.2, -0.15) is 4.98 Å². The van der Waals surface area contributed by atoms with Gasteiger partial charge < -0.3 is 21.3 Å². The number of anilines is 5. The van der Waals surface area contributed by atoms with Crippen LogP contribution in [0.2, 0.25) is 0 Å². The summed E-state index contributed by atoms with van der Waals surface area (Å²) in [5.41, 5.74) is 2.91. The lowest BCUT2D eigenvalue weighted by molar-refractivity contribution is -0.117. The van der Waals surface area contributed by atoms with Crippen LogP contribution < -0.4 is 21.3 Å². The van der Waals surface area contributed by atoms with E-state index in [2.05, 4.69) is 60.7 Å². The van der Waals surface area contributed by atoms with Gasteiger partial charge in [0.2, 0.25) is 11.9 Å². The van der Waals surface area contributed by atoms with Gasteiger partial charge in [0.25, 0.3) is 5.91 Å². The highest BCUT2D eigenvalue weighted by Gasteiger charge is 2.30. The summed E-state index contributed by atoms with van der Waals surface area (Å²) in [6, 6.07) is 15.2. The Morgan fingerprint density at radius 1 is 0.892 bits per heavy atom. The first kappa shape index (κ1) is 25.4. The van der Waals surface area contributed by atoms with Crippen LogP contribution in [-0.4, -0.2) is 27.8 Å². The summed E-state index contributed by atoms with van der Waals surface area (Å²) < 4.78 is 0.843. The second-order valence-corrected chi connectivity index (χ2v) is 11.1. The fourth-order valence-corrected chi connectivity index (χ4v) is 4.83. The van der Waals surface area contributed by atoms with Crippen LogP contribution in [-0.2, 0) is 4.79 Å². The van der Waals surface area contributed by atoms with E-state index in [0.29, 0.717) is 17.3 Å². The summed E-state index contributed by atoms with van der Waals surface area (Å²) >= 11 is 2.18. The monoisotopic (exact) mass is 610 g/mol. The number of benzene rings is 2. The lowest BCUT2D eigenvalue weighted by Crippen LogP contribution is -2.37. The predicted octanol–water partition coefficient (Wildman–Crippen LogP) is 6.23. The average molecular weight is 610 g/mol. The molecule has 9 heteroatoms. The lowest BCUT2D eigenvalue weighted by atomic mass is 9.87. The number of halogens is 1. The number of aromatic nitrogens is 2. The molecule has 3 aromatic rings. The van der Waals surface area contributed by atoms with Crippen LogP contribution in [0, 0.1) is 15.4 Å². The number of amides is 2. The first-order chi connectivity index (χ1) is 17.9. The van der Waals surface area contributed by atoms with Crippen molar-refractivity contribution in [3.63, 3.8) is 0 Å². The van der Waals surface area contributed by atoms with Gasteiger partial charge in [-0.25, -0.2) is 4.98 Å². The van der Waals surface area contributed by atoms with E-state index in [0.717, 1.165) is 52.2 Å². The normalized spacial score (nSPS) is 19.1. The first-order valence-electron chi connectivity index (χ1n) is 12.8. The molecule has 2 aromatic carbocycles. The smallest absolute Gasteiger partial charge is 0.251 e. The number of hydrogen-bond acceptors (Lipinski definition) is 6. The summed E-state index contributed by atoms with van der Waals surface area (Å²) in [5.74, 6) is 1.95. The third-order valence-corrected chi connectivity index (χ3v) is 7.67. The molecule has 4 N–H and O–H groups in total. The van der Waals surface area contributed by atoms with E-state index in [1.54, 1.807) is 6.20 Å². The molecule has 0 saturated heterocycles. The zero-order valence-corrected chi connectivity index (χ0v) is 22.9. The van der Waals surface area contributed by atoms with Crippen molar-refractivity contribution in [1.29, 1.82) is 0 Å². The Bertz CT molecular complexity index is 1270. The summed E-state index contributed by atoms with van der Waals surface area (Å²) in [6.07, 6.45) is 8.06. The lowest BCUT2D eigenvalue weighted by Gasteiger charge is -2.26. The maximum absolute atomic E-state index is 12.7. The maximum Gasteiger partial charge on any atom is 0.251 e. The number of carbonyl (C=O) groups excluding carboxylic acids is 2. The Morgan fingerprint density at radius 2 is 1.59 bits per heavy atom. The molecule has 0 radical (unpaired) electrons. The second kappa shape index (κ2) is 11.5. The largest absolute Gasteiger partial charge is 0.349 e. The predicted molar refractivity (Wildman–Crippen MR) is 154 cm³/mol. The van der Waals surface area contributed by atoms with Crippen molar-refractivity contribution in [2.24, 2.45) is 11.8 Å². The third kappa shape index (κ3) is 6.76. The van der Waals surface area contributed by atoms with Crippen LogP contribution >= 0.6 is 22.6 Å². The quantitative estimate of drug-likeness (QED) is 0.226. The van der Waals surface area contributed by atoms with E-state index < -0.39 is 0 Å². The maximum atomic E-state index is 12.7. The minimum absolute atomic E-state index is 0.0319. The molecule has 0 unspecified atom stereocenters. The molecule has 0 atom stereocenters. The SMILES string of the molecule is CC1CCC(NC(=O)c2ccc(Nc3ncc(I)c(Nc4ccccc4NC(=O)C4CC4)n3)cc2)CC1. The topological polar surface area (TPSA) is 108 Å². The average Bonchev–Trinajstić information content (AvgIpc) is 3.75. The number of hydrogen-bond donors (Lipinski definition) is 4. The summed E-state index contributed by atoms with van der Waals surface area (Å²) in [7, 11) is 0. The molecule has 8 nitrogen and oxygen atoms in total. The second-order valence-electron chi connectivity index (χ2n) is 9.96. The van der Waals surface area contributed by atoms with Crippen LogP contribution in [0.4, 0.5) is 28.8 Å². The summed E-state index contributed by atoms with van der Waals surface area (Å²) in [4.78, 5) is 34.0. The van der Waals surface area contributed by atoms with Crippen molar-refractivity contribution in [2.75, 3.05) is 16.0 Å². The van der Waals surface area contributed by atoms with Crippen LogP contribution in [0.5, 0.6) is 0 Å². The molecule has 1 aromatic heterocycles. The van der Waals surface area contributed by atoms with Gasteiger partial charge in [0.15, 0.2) is 0 Å². The molecular weight excluding hydrogens is 579 g/mol. The third-order valence-electron chi connectivity index (χ3n) is 6.88. The summed E-state index contributed by atoms with van der Waals surface area (Å²) in [6.45, 7) is 2.27. The molecule has 0 spiro atoms. The number of nitrogens with one attached hydrogen (secondary N) is 4. The van der Waals surface area contributed by atoms with Gasteiger partial charge in [-0.1, -0.05) is 19.1 Å². The fourth-order valence-electron chi connectivity index (χ4n) is 4.43. The van der Waals surface area contributed by atoms with E-state index in [1.807, 2.05) is 48.5 Å². The van der Waals surface area contributed by atoms with Gasteiger partial charge in [0.05, 0.1) is 14.9 Å². The highest BCUT2D eigenvalue weighted by Crippen LogP contribution is 2.33. The number of para-hydroxylation sites is 2. The van der Waals surface area contributed by atoms with Crippen LogP contribution in [0.1, 0.15) is 55.8 Å². The van der Waals surface area contributed by atoms with Crippen LogP contribution in [0.3, 0.4) is 0 Å². The van der Waals surface area contributed by atoms with Crippen molar-refractivity contribution < 1.29 is 9.59 Å². The molecule has 2 aliphatic rings. The van der Waals surface area contributed by atoms with Crippen molar-refractivity contribution in [2.45, 2.75) is 51.5 Å². The molecule has 0 aliphatic heterocycles. The molecule has 37 heavy (non-hydrogen) atoms. The van der Waals surface area contributed by atoms with Gasteiger partial charge in [-0.05, 0) is 103 Å². The Kier molecular flexibility index (Phi) is 7.87. The summed E-state index contributed by atoms with van der Waals surface area (Å²) in [5, 5.41) is 12.7. The molecule has 2 saturated carbocycles. The zero-order valence-electron chi connectivity index (χ0n) is 20.8. The van der Waals surface area contributed by atoms with E-state index in [4.69, 9.17) is 0 Å². The highest BCUT2D eigenvalue weighted by molar-refractivity contribution is 14.1. The number of nitrogens with zero attached hydrogens (tertiary/aromatic N) is 2. The first-order valence-corrected chi connectivity index (χ1v) is 13.9. The molecule has 192 valence electrons. The molecule has 5 rings (SSSR count). The standard InChI is InChI=1S/C28H31IN6O2/c1-17-6-12-20(13-7-17)31-26(36)19-10-14-21(15-11-19)32-28-30-16-22(29)25(35-28)33-23-4-2-3-5-24(23)34-27(37)18-8-9-18/h2-5,10-11,14-18,20H,6-9,12-13H2,1H3,(H,31,36)(H,34,37)(H2,30,32,33,35). The molecule has 2 fully saturated rings. The fraction of sp³-hybridized carbons (Fsp3) is 0.357. The minimum Gasteiger partial charge on any atom is -0.349 e. The van der Waals surface area contributed by atoms with Crippen molar-refractivity contribution >= 4 is 63.2 Å². The molecular formula is C28H31IN6O2. The van der Waals surface area contributed by atoms with Crippen molar-refractivity contribution in [1.82, 2.24) is 15.3 Å². The Balaban J connectivity index is 1.23. The number of carbonyl (C=O) groups is 2. The minimum atomic E-state index is -0.0319. The van der Waals surface area contributed by atoms with E-state index >= 15 is 0 Å². The Morgan fingerprint density at radius 3 is 2.30 bits per heavy atom. The van der Waals surface area contributed by atoms with Gasteiger partial charge in [-0.3, -0.25) is 9.59 Å². The van der Waals surface area contributed by atoms with E-state index in [1.165, 1.54) is 12.8 Å². The Labute approximate surface area is 230 Å². The van der Waals surface area contributed by atoms with Gasteiger partial charge in [0, 0.05) is 29.4 Å². The zero-order chi connectivity index (χ0) is 25.8. The molecule has 1 heterocycles. The number of rotatable bonds is 8. The van der Waals surface area contributed by atoms with E-state index in [9.17, 15) is 9.59 Å².